The lowest BCUT2D eigenvalue weighted by Gasteiger charge is -2.35. The molecular formula is C14H17ClN2O. The fraction of sp³-hybridized carbons (Fsp3) is 0.500. The number of nitrogens with zero attached hydrogens (tertiary/aromatic N) is 1. The maximum atomic E-state index is 12.4. The Bertz CT molecular complexity index is 463. The van der Waals surface area contributed by atoms with E-state index in [0.29, 0.717) is 22.5 Å². The standard InChI is InChI=1S/C14H17ClN2O/c15-12-4-2-1-3-11(12)14(18)17-8-6-13-10(9-17)5-7-16-13/h1-4,10,13,16H,5-9H2. The van der Waals surface area contributed by atoms with Crippen molar-refractivity contribution in [2.45, 2.75) is 18.9 Å². The van der Waals surface area contributed by atoms with Gasteiger partial charge in [0.05, 0.1) is 10.6 Å². The number of hydrogen-bond donors (Lipinski definition) is 1. The topological polar surface area (TPSA) is 32.3 Å². The molecule has 2 atom stereocenters. The van der Waals surface area contributed by atoms with E-state index >= 15 is 0 Å². The molecule has 0 aliphatic carbocycles. The van der Waals surface area contributed by atoms with E-state index in [1.807, 2.05) is 23.1 Å². The summed E-state index contributed by atoms with van der Waals surface area (Å²) in [5, 5.41) is 4.06. The molecule has 0 bridgehead atoms. The Hall–Kier alpha value is -1.06. The highest BCUT2D eigenvalue weighted by atomic mass is 35.5. The highest BCUT2D eigenvalue weighted by Gasteiger charge is 2.34. The molecule has 0 saturated carbocycles. The minimum Gasteiger partial charge on any atom is -0.338 e. The summed E-state index contributed by atoms with van der Waals surface area (Å²) in [7, 11) is 0. The summed E-state index contributed by atoms with van der Waals surface area (Å²) in [6, 6.07) is 7.91. The van der Waals surface area contributed by atoms with Crippen LogP contribution in [0.1, 0.15) is 23.2 Å². The van der Waals surface area contributed by atoms with E-state index in [2.05, 4.69) is 5.32 Å². The molecule has 2 aliphatic heterocycles. The smallest absolute Gasteiger partial charge is 0.255 e. The summed E-state index contributed by atoms with van der Waals surface area (Å²) >= 11 is 6.09. The molecule has 0 aromatic heterocycles. The van der Waals surface area contributed by atoms with Crippen molar-refractivity contribution in [2.75, 3.05) is 19.6 Å². The molecule has 1 aromatic rings. The monoisotopic (exact) mass is 264 g/mol. The normalized spacial score (nSPS) is 27.1. The van der Waals surface area contributed by atoms with E-state index in [1.165, 1.54) is 6.42 Å². The van der Waals surface area contributed by atoms with Crippen molar-refractivity contribution in [2.24, 2.45) is 5.92 Å². The number of fused-ring (bicyclic) bond motifs is 1. The number of piperidine rings is 1. The number of benzene rings is 1. The Labute approximate surface area is 112 Å². The molecule has 1 aromatic carbocycles. The molecule has 3 rings (SSSR count). The lowest BCUT2D eigenvalue weighted by Crippen LogP contribution is -2.46. The van der Waals surface area contributed by atoms with Gasteiger partial charge in [-0.2, -0.15) is 0 Å². The van der Waals surface area contributed by atoms with Gasteiger partial charge < -0.3 is 10.2 Å². The highest BCUT2D eigenvalue weighted by Crippen LogP contribution is 2.26. The van der Waals surface area contributed by atoms with Gasteiger partial charge in [0.25, 0.3) is 5.91 Å². The predicted octanol–water partition coefficient (Wildman–Crippen LogP) is 2.16. The van der Waals surface area contributed by atoms with Gasteiger partial charge in [-0.3, -0.25) is 4.79 Å². The number of rotatable bonds is 1. The van der Waals surface area contributed by atoms with E-state index < -0.39 is 0 Å². The van der Waals surface area contributed by atoms with Crippen molar-refractivity contribution in [3.05, 3.63) is 34.9 Å². The van der Waals surface area contributed by atoms with Crippen LogP contribution in [0, 0.1) is 5.92 Å². The maximum absolute atomic E-state index is 12.4. The third-order valence-corrected chi connectivity index (χ3v) is 4.38. The van der Waals surface area contributed by atoms with E-state index in [-0.39, 0.29) is 5.91 Å². The van der Waals surface area contributed by atoms with Gasteiger partial charge >= 0.3 is 0 Å². The van der Waals surface area contributed by atoms with Crippen molar-refractivity contribution >= 4 is 17.5 Å². The summed E-state index contributed by atoms with van der Waals surface area (Å²) in [4.78, 5) is 14.4. The van der Waals surface area contributed by atoms with Crippen LogP contribution in [0.4, 0.5) is 0 Å². The van der Waals surface area contributed by atoms with Crippen LogP contribution < -0.4 is 5.32 Å². The second kappa shape index (κ2) is 4.90. The van der Waals surface area contributed by atoms with Crippen molar-refractivity contribution in [3.63, 3.8) is 0 Å². The van der Waals surface area contributed by atoms with Crippen LogP contribution in [0.25, 0.3) is 0 Å². The van der Waals surface area contributed by atoms with Crippen molar-refractivity contribution in [3.8, 4) is 0 Å². The second-order valence-electron chi connectivity index (χ2n) is 5.13. The zero-order chi connectivity index (χ0) is 12.5. The van der Waals surface area contributed by atoms with E-state index in [1.54, 1.807) is 6.07 Å². The van der Waals surface area contributed by atoms with E-state index in [4.69, 9.17) is 11.6 Å². The number of carbonyl (C=O) groups is 1. The average Bonchev–Trinajstić information content (AvgIpc) is 2.85. The van der Waals surface area contributed by atoms with Crippen LogP contribution in [-0.4, -0.2) is 36.5 Å². The van der Waals surface area contributed by atoms with Gasteiger partial charge in [-0.25, -0.2) is 0 Å². The van der Waals surface area contributed by atoms with Crippen LogP contribution in [-0.2, 0) is 0 Å². The largest absolute Gasteiger partial charge is 0.338 e. The molecule has 2 unspecified atom stereocenters. The molecule has 96 valence electrons. The highest BCUT2D eigenvalue weighted by molar-refractivity contribution is 6.33. The summed E-state index contributed by atoms with van der Waals surface area (Å²) in [5.41, 5.74) is 0.628. The van der Waals surface area contributed by atoms with E-state index in [0.717, 1.165) is 26.1 Å². The Morgan fingerprint density at radius 3 is 3.00 bits per heavy atom. The first kappa shape index (κ1) is 12.0. The van der Waals surface area contributed by atoms with Gasteiger partial charge in [0.2, 0.25) is 0 Å². The van der Waals surface area contributed by atoms with Crippen LogP contribution in [0.2, 0.25) is 5.02 Å². The Balaban J connectivity index is 1.75. The Kier molecular flexibility index (Phi) is 3.27. The van der Waals surface area contributed by atoms with Crippen LogP contribution in [0.3, 0.4) is 0 Å². The third kappa shape index (κ3) is 2.13. The molecule has 0 radical (unpaired) electrons. The van der Waals surface area contributed by atoms with Gasteiger partial charge in [0, 0.05) is 19.1 Å². The second-order valence-corrected chi connectivity index (χ2v) is 5.54. The van der Waals surface area contributed by atoms with Crippen molar-refractivity contribution in [1.29, 1.82) is 0 Å². The number of hydrogen-bond acceptors (Lipinski definition) is 2. The first-order chi connectivity index (χ1) is 8.75. The minimum absolute atomic E-state index is 0.0750. The van der Waals surface area contributed by atoms with Crippen molar-refractivity contribution in [1.82, 2.24) is 10.2 Å². The van der Waals surface area contributed by atoms with E-state index in [9.17, 15) is 4.79 Å². The molecule has 0 spiro atoms. The fourth-order valence-corrected chi connectivity index (χ4v) is 3.25. The zero-order valence-corrected chi connectivity index (χ0v) is 11.0. The van der Waals surface area contributed by atoms with Gasteiger partial charge in [0.1, 0.15) is 0 Å². The van der Waals surface area contributed by atoms with Crippen LogP contribution >= 0.6 is 11.6 Å². The zero-order valence-electron chi connectivity index (χ0n) is 10.2. The summed E-state index contributed by atoms with van der Waals surface area (Å²) in [6.45, 7) is 2.78. The maximum Gasteiger partial charge on any atom is 0.255 e. The summed E-state index contributed by atoms with van der Waals surface area (Å²) in [6.07, 6.45) is 2.23. The van der Waals surface area contributed by atoms with Gasteiger partial charge in [-0.05, 0) is 37.4 Å². The summed E-state index contributed by atoms with van der Waals surface area (Å²) < 4.78 is 0. The fourth-order valence-electron chi connectivity index (χ4n) is 3.04. The molecule has 2 aliphatic rings. The number of halogens is 1. The molecule has 1 amide bonds. The Morgan fingerprint density at radius 2 is 2.17 bits per heavy atom. The summed E-state index contributed by atoms with van der Waals surface area (Å²) in [5.74, 6) is 0.691. The molecule has 3 nitrogen and oxygen atoms in total. The Morgan fingerprint density at radius 1 is 1.33 bits per heavy atom. The SMILES string of the molecule is O=C(c1ccccc1Cl)N1CCC2NCCC2C1. The van der Waals surface area contributed by atoms with Crippen LogP contribution in [0.5, 0.6) is 0 Å². The molecule has 1 N–H and O–H groups in total. The quantitative estimate of drug-likeness (QED) is 0.843. The molecule has 2 heterocycles. The molecule has 2 saturated heterocycles. The minimum atomic E-state index is 0.0750. The predicted molar refractivity (Wildman–Crippen MR) is 71.9 cm³/mol. The van der Waals surface area contributed by atoms with Crippen LogP contribution in [0.15, 0.2) is 24.3 Å². The number of nitrogens with one attached hydrogen (secondary N) is 1. The average molecular weight is 265 g/mol. The lowest BCUT2D eigenvalue weighted by molar-refractivity contribution is 0.0662. The molecular weight excluding hydrogens is 248 g/mol. The lowest BCUT2D eigenvalue weighted by atomic mass is 9.93. The van der Waals surface area contributed by atoms with Gasteiger partial charge in [-0.1, -0.05) is 23.7 Å². The number of carbonyl (C=O) groups excluding carboxylic acids is 1. The van der Waals surface area contributed by atoms with Gasteiger partial charge in [-0.15, -0.1) is 0 Å². The first-order valence-electron chi connectivity index (χ1n) is 6.53. The number of amides is 1. The molecule has 4 heteroatoms. The number of likely N-dealkylation sites (tertiary alicyclic amines) is 1. The van der Waals surface area contributed by atoms with Gasteiger partial charge in [0.15, 0.2) is 0 Å². The van der Waals surface area contributed by atoms with Crippen molar-refractivity contribution < 1.29 is 4.79 Å². The molecule has 18 heavy (non-hydrogen) atoms. The first-order valence-corrected chi connectivity index (χ1v) is 6.90. The molecule has 2 fully saturated rings. The third-order valence-electron chi connectivity index (χ3n) is 4.05.